The molecule has 0 amide bonds. The van der Waals surface area contributed by atoms with Gasteiger partial charge in [-0.05, 0) is 30.9 Å². The van der Waals surface area contributed by atoms with Gasteiger partial charge in [-0.2, -0.15) is 0 Å². The summed E-state index contributed by atoms with van der Waals surface area (Å²) in [6, 6.07) is 9.37. The Bertz CT molecular complexity index is 337. The topological polar surface area (TPSA) is 12.0 Å². The van der Waals surface area contributed by atoms with Gasteiger partial charge in [0, 0.05) is 18.0 Å². The van der Waals surface area contributed by atoms with E-state index in [0.717, 1.165) is 6.54 Å². The molecular formula is C16H27N. The number of hydrogen-bond acceptors (Lipinski definition) is 1. The third-order valence-electron chi connectivity index (χ3n) is 3.92. The number of benzene rings is 1. The first-order valence-electron chi connectivity index (χ1n) is 6.85. The highest BCUT2D eigenvalue weighted by atomic mass is 14.9. The van der Waals surface area contributed by atoms with Gasteiger partial charge in [0.2, 0.25) is 0 Å². The lowest BCUT2D eigenvalue weighted by Crippen LogP contribution is -2.40. The van der Waals surface area contributed by atoms with E-state index in [9.17, 15) is 0 Å². The van der Waals surface area contributed by atoms with Crippen molar-refractivity contribution in [2.75, 3.05) is 6.54 Å². The molecule has 1 nitrogen and oxygen atoms in total. The first-order valence-corrected chi connectivity index (χ1v) is 6.85. The Kier molecular flexibility index (Phi) is 5.20. The summed E-state index contributed by atoms with van der Waals surface area (Å²) < 4.78 is 0. The molecule has 0 bridgehead atoms. The second-order valence-electron chi connectivity index (χ2n) is 5.34. The third-order valence-corrected chi connectivity index (χ3v) is 3.92. The second-order valence-corrected chi connectivity index (χ2v) is 5.34. The van der Waals surface area contributed by atoms with Gasteiger partial charge in [0.05, 0.1) is 0 Å². The summed E-state index contributed by atoms with van der Waals surface area (Å²) in [4.78, 5) is 0. The van der Waals surface area contributed by atoms with Crippen molar-refractivity contribution in [1.82, 2.24) is 5.32 Å². The van der Waals surface area contributed by atoms with E-state index in [1.165, 1.54) is 24.0 Å². The predicted molar refractivity (Wildman–Crippen MR) is 76.6 cm³/mol. The summed E-state index contributed by atoms with van der Waals surface area (Å²) in [7, 11) is 0. The molecule has 0 aliphatic rings. The fourth-order valence-corrected chi connectivity index (χ4v) is 2.54. The minimum atomic E-state index is 0.287. The smallest absolute Gasteiger partial charge is 0.00752 e. The van der Waals surface area contributed by atoms with Crippen molar-refractivity contribution in [3.05, 3.63) is 35.4 Å². The van der Waals surface area contributed by atoms with Crippen molar-refractivity contribution < 1.29 is 0 Å². The Morgan fingerprint density at radius 3 is 2.18 bits per heavy atom. The summed E-state index contributed by atoms with van der Waals surface area (Å²) in [6.07, 6.45) is 2.38. The molecule has 1 aromatic carbocycles. The van der Waals surface area contributed by atoms with Crippen LogP contribution in [0.3, 0.4) is 0 Å². The number of hydrogen-bond donors (Lipinski definition) is 1. The molecule has 0 unspecified atom stereocenters. The largest absolute Gasteiger partial charge is 0.314 e. The molecule has 0 aliphatic carbocycles. The van der Waals surface area contributed by atoms with Gasteiger partial charge >= 0.3 is 0 Å². The summed E-state index contributed by atoms with van der Waals surface area (Å²) in [5.74, 6) is 0. The maximum absolute atomic E-state index is 3.61. The van der Waals surface area contributed by atoms with E-state index in [4.69, 9.17) is 0 Å². The van der Waals surface area contributed by atoms with Crippen molar-refractivity contribution in [3.8, 4) is 0 Å². The summed E-state index contributed by atoms with van der Waals surface area (Å²) >= 11 is 0. The Morgan fingerprint density at radius 1 is 1.12 bits per heavy atom. The first-order chi connectivity index (χ1) is 8.05. The summed E-state index contributed by atoms with van der Waals surface area (Å²) in [5, 5.41) is 3.61. The van der Waals surface area contributed by atoms with Gasteiger partial charge in [-0.25, -0.2) is 0 Å². The van der Waals surface area contributed by atoms with Crippen molar-refractivity contribution in [2.24, 2.45) is 0 Å². The lowest BCUT2D eigenvalue weighted by molar-refractivity contribution is 0.353. The monoisotopic (exact) mass is 233 g/mol. The molecule has 0 aromatic heterocycles. The zero-order chi connectivity index (χ0) is 12.9. The van der Waals surface area contributed by atoms with Crippen LogP contribution in [0.25, 0.3) is 0 Å². The van der Waals surface area contributed by atoms with Gasteiger partial charge in [-0.3, -0.25) is 0 Å². The molecule has 0 heterocycles. The summed E-state index contributed by atoms with van der Waals surface area (Å²) in [6.45, 7) is 12.3. The standard InChI is InChI=1S/C16H27N/c1-6-16(7-2,12-17-13(3)4)15-11-9-8-10-14(15)5/h8-11,13,17H,6-7,12H2,1-5H3. The van der Waals surface area contributed by atoms with Crippen LogP contribution in [-0.4, -0.2) is 12.6 Å². The zero-order valence-electron chi connectivity index (χ0n) is 12.0. The van der Waals surface area contributed by atoms with Crippen LogP contribution in [0, 0.1) is 6.92 Å². The maximum atomic E-state index is 3.61. The molecule has 0 fully saturated rings. The quantitative estimate of drug-likeness (QED) is 0.781. The normalized spacial score (nSPS) is 12.1. The molecule has 1 heteroatoms. The number of nitrogens with one attached hydrogen (secondary N) is 1. The highest BCUT2D eigenvalue weighted by molar-refractivity contribution is 5.33. The van der Waals surface area contributed by atoms with Crippen molar-refractivity contribution in [1.29, 1.82) is 0 Å². The van der Waals surface area contributed by atoms with Crippen LogP contribution in [0.15, 0.2) is 24.3 Å². The molecule has 0 spiro atoms. The molecule has 0 atom stereocenters. The highest BCUT2D eigenvalue weighted by Crippen LogP contribution is 2.33. The van der Waals surface area contributed by atoms with E-state index in [-0.39, 0.29) is 5.41 Å². The number of rotatable bonds is 6. The van der Waals surface area contributed by atoms with E-state index >= 15 is 0 Å². The van der Waals surface area contributed by atoms with Crippen LogP contribution in [0.1, 0.15) is 51.7 Å². The molecule has 0 radical (unpaired) electrons. The van der Waals surface area contributed by atoms with E-state index in [1.807, 2.05) is 0 Å². The molecule has 17 heavy (non-hydrogen) atoms. The molecule has 96 valence electrons. The van der Waals surface area contributed by atoms with Crippen LogP contribution in [0.2, 0.25) is 0 Å². The lowest BCUT2D eigenvalue weighted by atomic mass is 9.74. The van der Waals surface area contributed by atoms with Crippen molar-refractivity contribution >= 4 is 0 Å². The first kappa shape index (κ1) is 14.2. The van der Waals surface area contributed by atoms with Crippen LogP contribution >= 0.6 is 0 Å². The van der Waals surface area contributed by atoms with E-state index in [1.54, 1.807) is 0 Å². The summed E-state index contributed by atoms with van der Waals surface area (Å²) in [5.41, 5.74) is 3.22. The average Bonchev–Trinajstić information content (AvgIpc) is 2.32. The SMILES string of the molecule is CCC(CC)(CNC(C)C)c1ccccc1C. The van der Waals surface area contributed by atoms with Crippen molar-refractivity contribution in [3.63, 3.8) is 0 Å². The van der Waals surface area contributed by atoms with Gasteiger partial charge in [-0.1, -0.05) is 52.0 Å². The van der Waals surface area contributed by atoms with Crippen LogP contribution < -0.4 is 5.32 Å². The molecule has 1 rings (SSSR count). The van der Waals surface area contributed by atoms with Crippen molar-refractivity contribution in [2.45, 2.75) is 58.9 Å². The molecular weight excluding hydrogens is 206 g/mol. The maximum Gasteiger partial charge on any atom is 0.00752 e. The third kappa shape index (κ3) is 3.32. The van der Waals surface area contributed by atoms with Gasteiger partial charge in [-0.15, -0.1) is 0 Å². The Morgan fingerprint density at radius 2 is 1.71 bits per heavy atom. The fourth-order valence-electron chi connectivity index (χ4n) is 2.54. The zero-order valence-corrected chi connectivity index (χ0v) is 12.0. The second kappa shape index (κ2) is 6.20. The highest BCUT2D eigenvalue weighted by Gasteiger charge is 2.29. The Balaban J connectivity index is 3.02. The number of aryl methyl sites for hydroxylation is 1. The Hall–Kier alpha value is -0.820. The van der Waals surface area contributed by atoms with E-state index in [2.05, 4.69) is 64.2 Å². The lowest BCUT2D eigenvalue weighted by Gasteiger charge is -2.35. The fraction of sp³-hybridized carbons (Fsp3) is 0.625. The van der Waals surface area contributed by atoms with Gasteiger partial charge < -0.3 is 5.32 Å². The minimum Gasteiger partial charge on any atom is -0.314 e. The average molecular weight is 233 g/mol. The molecule has 0 saturated carbocycles. The van der Waals surface area contributed by atoms with Crippen LogP contribution in [0.4, 0.5) is 0 Å². The van der Waals surface area contributed by atoms with Crippen LogP contribution in [-0.2, 0) is 5.41 Å². The van der Waals surface area contributed by atoms with E-state index in [0.29, 0.717) is 6.04 Å². The van der Waals surface area contributed by atoms with E-state index < -0.39 is 0 Å². The molecule has 1 aromatic rings. The molecule has 0 aliphatic heterocycles. The Labute approximate surface area is 107 Å². The molecule has 0 saturated heterocycles. The van der Waals surface area contributed by atoms with Gasteiger partial charge in [0.15, 0.2) is 0 Å². The predicted octanol–water partition coefficient (Wildman–Crippen LogP) is 4.05. The van der Waals surface area contributed by atoms with Gasteiger partial charge in [0.1, 0.15) is 0 Å². The molecule has 1 N–H and O–H groups in total. The van der Waals surface area contributed by atoms with Gasteiger partial charge in [0.25, 0.3) is 0 Å². The van der Waals surface area contributed by atoms with Crippen LogP contribution in [0.5, 0.6) is 0 Å². The minimum absolute atomic E-state index is 0.287.